The fourth-order valence-corrected chi connectivity index (χ4v) is 6.12. The monoisotopic (exact) mass is 490 g/mol. The number of ether oxygens (including phenoxy) is 2. The standard InChI is InChI=1S/C33H30O4/c1-3-22-9-13-24(14-10-22)17-27-20-32-19-26-7-5-6-8-29(26)33(32,36-30(27)34)37-31(35)28(21-32)18-25-15-11-23(4-2)12-16-25/h5-18H,3-4,19-21H2,1-2H3/b27-17+,28-18+. The number of carbonyl (C=O) groups is 2. The van der Waals surface area contributed by atoms with Crippen LogP contribution in [0.25, 0.3) is 12.2 Å². The molecule has 3 aromatic carbocycles. The van der Waals surface area contributed by atoms with Gasteiger partial charge in [-0.25, -0.2) is 9.59 Å². The van der Waals surface area contributed by atoms with Gasteiger partial charge in [-0.2, -0.15) is 0 Å². The van der Waals surface area contributed by atoms with Crippen molar-refractivity contribution in [3.63, 3.8) is 0 Å². The second kappa shape index (κ2) is 8.88. The molecular weight excluding hydrogens is 460 g/mol. The summed E-state index contributed by atoms with van der Waals surface area (Å²) in [6.07, 6.45) is 7.38. The number of aryl methyl sites for hydroxylation is 2. The van der Waals surface area contributed by atoms with Gasteiger partial charge in [-0.3, -0.25) is 0 Å². The summed E-state index contributed by atoms with van der Waals surface area (Å²) in [5.74, 6) is -2.26. The van der Waals surface area contributed by atoms with Gasteiger partial charge in [0.2, 0.25) is 0 Å². The number of esters is 2. The molecule has 37 heavy (non-hydrogen) atoms. The summed E-state index contributed by atoms with van der Waals surface area (Å²) in [5.41, 5.74) is 6.89. The SMILES string of the molecule is CCc1ccc(/C=C2\CC34C/C(=C\c5ccc(CC)cc5)C(=O)OC3(OC2=O)c2ccccc2C4)cc1. The van der Waals surface area contributed by atoms with E-state index in [0.717, 1.165) is 35.1 Å². The lowest BCUT2D eigenvalue weighted by molar-refractivity contribution is -0.289. The third-order valence-corrected chi connectivity index (χ3v) is 8.11. The largest absolute Gasteiger partial charge is 0.414 e. The average molecular weight is 491 g/mol. The van der Waals surface area contributed by atoms with E-state index in [9.17, 15) is 9.59 Å². The van der Waals surface area contributed by atoms with Gasteiger partial charge in [-0.05, 0) is 72.1 Å². The lowest BCUT2D eigenvalue weighted by Gasteiger charge is -2.50. The normalized spacial score (nSPS) is 26.3. The molecule has 2 saturated heterocycles. The molecule has 0 spiro atoms. The zero-order valence-corrected chi connectivity index (χ0v) is 21.3. The molecule has 0 radical (unpaired) electrons. The van der Waals surface area contributed by atoms with Crippen LogP contribution in [0.4, 0.5) is 0 Å². The van der Waals surface area contributed by atoms with Gasteiger partial charge in [0.25, 0.3) is 5.79 Å². The van der Waals surface area contributed by atoms with Crippen LogP contribution in [0.1, 0.15) is 60.1 Å². The lowest BCUT2D eigenvalue weighted by Crippen LogP contribution is -2.56. The Bertz CT molecular complexity index is 1360. The van der Waals surface area contributed by atoms with Crippen molar-refractivity contribution >= 4 is 24.1 Å². The fraction of sp³-hybridized carbons (Fsp3) is 0.273. The maximum absolute atomic E-state index is 13.4. The van der Waals surface area contributed by atoms with Crippen molar-refractivity contribution < 1.29 is 19.1 Å². The van der Waals surface area contributed by atoms with Crippen LogP contribution in [0, 0.1) is 5.41 Å². The topological polar surface area (TPSA) is 52.6 Å². The first-order valence-corrected chi connectivity index (χ1v) is 13.1. The maximum atomic E-state index is 13.4. The van der Waals surface area contributed by atoms with Crippen LogP contribution < -0.4 is 0 Å². The molecular formula is C33H30O4. The summed E-state index contributed by atoms with van der Waals surface area (Å²) in [6, 6.07) is 24.3. The Hall–Kier alpha value is -3.92. The van der Waals surface area contributed by atoms with Gasteiger partial charge < -0.3 is 9.47 Å². The molecule has 1 aliphatic carbocycles. The zero-order chi connectivity index (χ0) is 25.6. The predicted octanol–water partition coefficient (Wildman–Crippen LogP) is 6.57. The summed E-state index contributed by atoms with van der Waals surface area (Å²) in [6.45, 7) is 4.24. The van der Waals surface area contributed by atoms with Crippen LogP contribution >= 0.6 is 0 Å². The van der Waals surface area contributed by atoms with Gasteiger partial charge in [-0.1, -0.05) is 86.6 Å². The second-order valence-electron chi connectivity index (χ2n) is 10.4. The molecule has 186 valence electrons. The van der Waals surface area contributed by atoms with E-state index in [1.54, 1.807) is 0 Å². The highest BCUT2D eigenvalue weighted by Gasteiger charge is 2.69. The summed E-state index contributed by atoms with van der Waals surface area (Å²) in [7, 11) is 0. The summed E-state index contributed by atoms with van der Waals surface area (Å²) >= 11 is 0. The van der Waals surface area contributed by atoms with Crippen molar-refractivity contribution in [1.29, 1.82) is 0 Å². The molecule has 0 saturated carbocycles. The van der Waals surface area contributed by atoms with Crippen LogP contribution in [0.3, 0.4) is 0 Å². The summed E-state index contributed by atoms with van der Waals surface area (Å²) in [5, 5.41) is 0. The van der Waals surface area contributed by atoms with E-state index >= 15 is 0 Å². The Balaban J connectivity index is 1.42. The van der Waals surface area contributed by atoms with Crippen LogP contribution in [-0.2, 0) is 44.1 Å². The average Bonchev–Trinajstić information content (AvgIpc) is 3.19. The molecule has 0 bridgehead atoms. The first kappa shape index (κ1) is 23.5. The van der Waals surface area contributed by atoms with Crippen molar-refractivity contribution in [3.8, 4) is 0 Å². The molecule has 2 fully saturated rings. The molecule has 3 aliphatic rings. The minimum absolute atomic E-state index is 0.428. The molecule has 0 amide bonds. The first-order chi connectivity index (χ1) is 17.9. The first-order valence-electron chi connectivity index (χ1n) is 13.1. The Kier molecular flexibility index (Phi) is 5.63. The van der Waals surface area contributed by atoms with Gasteiger partial charge in [0.05, 0.1) is 5.41 Å². The van der Waals surface area contributed by atoms with Gasteiger partial charge >= 0.3 is 11.9 Å². The van der Waals surface area contributed by atoms with Crippen LogP contribution in [0.5, 0.6) is 0 Å². The minimum Gasteiger partial charge on any atom is -0.414 e. The zero-order valence-electron chi connectivity index (χ0n) is 21.3. The molecule has 6 rings (SSSR count). The van der Waals surface area contributed by atoms with Crippen LogP contribution in [0.15, 0.2) is 83.9 Å². The Morgan fingerprint density at radius 3 is 1.65 bits per heavy atom. The van der Waals surface area contributed by atoms with Crippen LogP contribution in [0.2, 0.25) is 0 Å². The highest BCUT2D eigenvalue weighted by atomic mass is 16.7. The lowest BCUT2D eigenvalue weighted by atomic mass is 9.67. The molecule has 2 aliphatic heterocycles. The third-order valence-electron chi connectivity index (χ3n) is 8.11. The highest BCUT2D eigenvalue weighted by Crippen LogP contribution is 2.64. The van der Waals surface area contributed by atoms with E-state index in [4.69, 9.17) is 9.47 Å². The van der Waals surface area contributed by atoms with Gasteiger partial charge in [0.1, 0.15) is 0 Å². The van der Waals surface area contributed by atoms with Crippen molar-refractivity contribution in [2.24, 2.45) is 5.41 Å². The highest BCUT2D eigenvalue weighted by molar-refractivity contribution is 5.98. The summed E-state index contributed by atoms with van der Waals surface area (Å²) in [4.78, 5) is 26.7. The van der Waals surface area contributed by atoms with Crippen molar-refractivity contribution in [1.82, 2.24) is 0 Å². The molecule has 0 atom stereocenters. The third kappa shape index (κ3) is 3.83. The quantitative estimate of drug-likeness (QED) is 0.307. The summed E-state index contributed by atoms with van der Waals surface area (Å²) < 4.78 is 12.3. The Morgan fingerprint density at radius 1 is 0.676 bits per heavy atom. The molecule has 0 N–H and O–H groups in total. The van der Waals surface area contributed by atoms with Crippen molar-refractivity contribution in [2.75, 3.05) is 0 Å². The number of hydrogen-bond donors (Lipinski definition) is 0. The van der Waals surface area contributed by atoms with Gasteiger partial charge in [0, 0.05) is 16.7 Å². The fourth-order valence-electron chi connectivity index (χ4n) is 6.12. The maximum Gasteiger partial charge on any atom is 0.337 e. The Labute approximate surface area is 217 Å². The van der Waals surface area contributed by atoms with E-state index in [2.05, 4.69) is 38.1 Å². The number of rotatable bonds is 4. The Morgan fingerprint density at radius 2 is 1.16 bits per heavy atom. The predicted molar refractivity (Wildman–Crippen MR) is 143 cm³/mol. The number of hydrogen-bond acceptors (Lipinski definition) is 4. The minimum atomic E-state index is -1.40. The molecule has 3 aromatic rings. The van der Waals surface area contributed by atoms with E-state index < -0.39 is 23.1 Å². The number of carbonyl (C=O) groups excluding carboxylic acids is 2. The van der Waals surface area contributed by atoms with E-state index in [1.807, 2.05) is 60.7 Å². The van der Waals surface area contributed by atoms with E-state index in [-0.39, 0.29) is 0 Å². The molecule has 4 heteroatoms. The van der Waals surface area contributed by atoms with Gasteiger partial charge in [0.15, 0.2) is 0 Å². The molecule has 0 aromatic heterocycles. The molecule has 0 unspecified atom stereocenters. The van der Waals surface area contributed by atoms with Crippen molar-refractivity contribution in [3.05, 3.63) is 117 Å². The molecule has 2 heterocycles. The number of fused-ring (bicyclic) bond motifs is 1. The van der Waals surface area contributed by atoms with Crippen molar-refractivity contribution in [2.45, 2.75) is 51.7 Å². The van der Waals surface area contributed by atoms with E-state index in [0.29, 0.717) is 30.4 Å². The number of benzene rings is 3. The van der Waals surface area contributed by atoms with E-state index in [1.165, 1.54) is 11.1 Å². The smallest absolute Gasteiger partial charge is 0.337 e. The molecule has 4 nitrogen and oxygen atoms in total. The second-order valence-corrected chi connectivity index (χ2v) is 10.4. The van der Waals surface area contributed by atoms with Crippen LogP contribution in [-0.4, -0.2) is 11.9 Å². The van der Waals surface area contributed by atoms with Gasteiger partial charge in [-0.15, -0.1) is 0 Å².